The third-order valence-electron chi connectivity index (χ3n) is 3.45. The van der Waals surface area contributed by atoms with Gasteiger partial charge in [-0.2, -0.15) is 0 Å². The van der Waals surface area contributed by atoms with Gasteiger partial charge in [-0.05, 0) is 24.6 Å². The van der Waals surface area contributed by atoms with Crippen molar-refractivity contribution in [3.8, 4) is 5.75 Å². The van der Waals surface area contributed by atoms with E-state index in [1.807, 2.05) is 0 Å². The lowest BCUT2D eigenvalue weighted by Crippen LogP contribution is -2.24. The molecule has 0 aromatic heterocycles. The van der Waals surface area contributed by atoms with Crippen LogP contribution in [0.2, 0.25) is 0 Å². The number of hydrogen-bond acceptors (Lipinski definition) is 3. The molecule has 0 unspecified atom stereocenters. The van der Waals surface area contributed by atoms with Crippen LogP contribution in [0.4, 0.5) is 0 Å². The molecule has 0 saturated carbocycles. The summed E-state index contributed by atoms with van der Waals surface area (Å²) in [5.41, 5.74) is 0. The average molecular weight is 313 g/mol. The van der Waals surface area contributed by atoms with Gasteiger partial charge in [-0.3, -0.25) is 0 Å². The molecule has 5 heteroatoms. The summed E-state index contributed by atoms with van der Waals surface area (Å²) in [4.78, 5) is 0.113. The third kappa shape index (κ3) is 7.48. The van der Waals surface area contributed by atoms with Gasteiger partial charge < -0.3 is 5.11 Å². The van der Waals surface area contributed by atoms with Crippen molar-refractivity contribution in [3.63, 3.8) is 0 Å². The summed E-state index contributed by atoms with van der Waals surface area (Å²) in [5.74, 6) is -0.0371. The van der Waals surface area contributed by atoms with Crippen LogP contribution in [0.5, 0.6) is 5.75 Å². The maximum Gasteiger partial charge on any atom is 0.240 e. The van der Waals surface area contributed by atoms with Crippen molar-refractivity contribution in [2.24, 2.45) is 0 Å². The van der Waals surface area contributed by atoms with Gasteiger partial charge >= 0.3 is 0 Å². The van der Waals surface area contributed by atoms with E-state index in [2.05, 4.69) is 11.6 Å². The van der Waals surface area contributed by atoms with Crippen LogP contribution in [0, 0.1) is 0 Å². The van der Waals surface area contributed by atoms with E-state index in [1.54, 1.807) is 0 Å². The average Bonchev–Trinajstić information content (AvgIpc) is 2.45. The predicted molar refractivity (Wildman–Crippen MR) is 85.9 cm³/mol. The van der Waals surface area contributed by atoms with Crippen LogP contribution in [0.3, 0.4) is 0 Å². The number of sulfonamides is 1. The first kappa shape index (κ1) is 18.0. The van der Waals surface area contributed by atoms with Gasteiger partial charge in [-0.25, -0.2) is 13.1 Å². The van der Waals surface area contributed by atoms with Crippen molar-refractivity contribution in [3.05, 3.63) is 24.3 Å². The monoisotopic (exact) mass is 313 g/mol. The molecular weight excluding hydrogens is 286 g/mol. The van der Waals surface area contributed by atoms with Crippen LogP contribution in [0.25, 0.3) is 0 Å². The molecule has 1 rings (SSSR count). The van der Waals surface area contributed by atoms with E-state index in [0.717, 1.165) is 19.3 Å². The molecule has 0 aliphatic heterocycles. The summed E-state index contributed by atoms with van der Waals surface area (Å²) in [6, 6.07) is 5.73. The van der Waals surface area contributed by atoms with E-state index in [9.17, 15) is 13.5 Å². The second-order valence-electron chi connectivity index (χ2n) is 5.37. The molecule has 4 nitrogen and oxygen atoms in total. The Morgan fingerprint density at radius 1 is 1.00 bits per heavy atom. The highest BCUT2D eigenvalue weighted by atomic mass is 32.2. The lowest BCUT2D eigenvalue weighted by Gasteiger charge is -2.07. The fourth-order valence-corrected chi connectivity index (χ4v) is 3.31. The van der Waals surface area contributed by atoms with Crippen molar-refractivity contribution < 1.29 is 13.5 Å². The topological polar surface area (TPSA) is 66.4 Å². The van der Waals surface area contributed by atoms with Crippen molar-refractivity contribution in [1.29, 1.82) is 0 Å². The number of benzene rings is 1. The van der Waals surface area contributed by atoms with Crippen LogP contribution >= 0.6 is 0 Å². The standard InChI is InChI=1S/C16H27NO3S/c1-2-3-4-5-6-7-8-9-13-17-21(19,20)16-12-10-11-15(18)14-16/h10-12,14,17-18H,2-9,13H2,1H3. The Labute approximate surface area is 128 Å². The molecule has 0 amide bonds. The van der Waals surface area contributed by atoms with Gasteiger partial charge in [-0.1, -0.05) is 57.9 Å². The van der Waals surface area contributed by atoms with E-state index in [4.69, 9.17) is 0 Å². The van der Waals surface area contributed by atoms with E-state index in [-0.39, 0.29) is 10.6 Å². The summed E-state index contributed by atoms with van der Waals surface area (Å²) in [6.07, 6.45) is 9.46. The number of hydrogen-bond donors (Lipinski definition) is 2. The molecule has 0 spiro atoms. The van der Waals surface area contributed by atoms with Crippen molar-refractivity contribution in [2.45, 2.75) is 63.2 Å². The van der Waals surface area contributed by atoms with E-state index in [0.29, 0.717) is 6.54 Å². The van der Waals surface area contributed by atoms with Crippen molar-refractivity contribution >= 4 is 10.0 Å². The predicted octanol–water partition coefficient (Wildman–Crippen LogP) is 3.81. The number of rotatable bonds is 11. The van der Waals surface area contributed by atoms with Gasteiger partial charge in [0.1, 0.15) is 5.75 Å². The minimum absolute atomic E-state index is 0.0371. The van der Waals surface area contributed by atoms with Crippen molar-refractivity contribution in [2.75, 3.05) is 6.54 Å². The third-order valence-corrected chi connectivity index (χ3v) is 4.91. The number of nitrogens with one attached hydrogen (secondary N) is 1. The molecule has 0 heterocycles. The van der Waals surface area contributed by atoms with Crippen LogP contribution < -0.4 is 4.72 Å². The Kier molecular flexibility index (Phi) is 8.38. The zero-order valence-corrected chi connectivity index (χ0v) is 13.7. The second kappa shape index (κ2) is 9.79. The fourth-order valence-electron chi connectivity index (χ4n) is 2.20. The molecule has 0 bridgehead atoms. The van der Waals surface area contributed by atoms with Gasteiger partial charge in [0.15, 0.2) is 0 Å². The molecule has 0 aliphatic rings. The number of unbranched alkanes of at least 4 members (excludes halogenated alkanes) is 7. The highest BCUT2D eigenvalue weighted by Crippen LogP contribution is 2.15. The Morgan fingerprint density at radius 3 is 2.24 bits per heavy atom. The second-order valence-corrected chi connectivity index (χ2v) is 7.14. The minimum atomic E-state index is -3.50. The quantitative estimate of drug-likeness (QED) is 0.610. The molecule has 21 heavy (non-hydrogen) atoms. The summed E-state index contributed by atoms with van der Waals surface area (Å²) < 4.78 is 26.5. The molecule has 0 radical (unpaired) electrons. The fraction of sp³-hybridized carbons (Fsp3) is 0.625. The van der Waals surface area contributed by atoms with Gasteiger partial charge in [0, 0.05) is 6.54 Å². The molecule has 0 aliphatic carbocycles. The number of aromatic hydroxyl groups is 1. The highest BCUT2D eigenvalue weighted by molar-refractivity contribution is 7.89. The van der Waals surface area contributed by atoms with Crippen LogP contribution in [0.1, 0.15) is 58.3 Å². The van der Waals surface area contributed by atoms with Crippen molar-refractivity contribution in [1.82, 2.24) is 4.72 Å². The van der Waals surface area contributed by atoms with Gasteiger partial charge in [0.05, 0.1) is 4.90 Å². The maximum absolute atomic E-state index is 12.0. The summed E-state index contributed by atoms with van der Waals surface area (Å²) in [7, 11) is -3.50. The first-order valence-corrected chi connectivity index (χ1v) is 9.33. The van der Waals surface area contributed by atoms with E-state index >= 15 is 0 Å². The number of phenolic OH excluding ortho intramolecular Hbond substituents is 1. The summed E-state index contributed by atoms with van der Waals surface area (Å²) in [5, 5.41) is 9.31. The molecule has 2 N–H and O–H groups in total. The SMILES string of the molecule is CCCCCCCCCCNS(=O)(=O)c1cccc(O)c1. The largest absolute Gasteiger partial charge is 0.508 e. The Balaban J connectivity index is 2.17. The van der Waals surface area contributed by atoms with Crippen LogP contribution in [0.15, 0.2) is 29.2 Å². The van der Waals surface area contributed by atoms with E-state index < -0.39 is 10.0 Å². The highest BCUT2D eigenvalue weighted by Gasteiger charge is 2.13. The Morgan fingerprint density at radius 2 is 1.62 bits per heavy atom. The minimum Gasteiger partial charge on any atom is -0.508 e. The molecule has 1 aromatic carbocycles. The van der Waals surface area contributed by atoms with Crippen LogP contribution in [-0.4, -0.2) is 20.1 Å². The van der Waals surface area contributed by atoms with Crippen LogP contribution in [-0.2, 0) is 10.0 Å². The molecule has 0 atom stereocenters. The Hall–Kier alpha value is -1.07. The zero-order chi connectivity index (χ0) is 15.6. The number of phenols is 1. The van der Waals surface area contributed by atoms with E-state index in [1.165, 1.54) is 56.4 Å². The summed E-state index contributed by atoms with van der Waals surface area (Å²) >= 11 is 0. The lowest BCUT2D eigenvalue weighted by molar-refractivity contribution is 0.473. The molecule has 0 fully saturated rings. The zero-order valence-electron chi connectivity index (χ0n) is 12.8. The van der Waals surface area contributed by atoms with Gasteiger partial charge in [0.25, 0.3) is 0 Å². The molecular formula is C16H27NO3S. The normalized spacial score (nSPS) is 11.7. The van der Waals surface area contributed by atoms with Gasteiger partial charge in [0.2, 0.25) is 10.0 Å². The molecule has 1 aromatic rings. The first-order chi connectivity index (χ1) is 10.1. The molecule has 120 valence electrons. The molecule has 0 saturated heterocycles. The maximum atomic E-state index is 12.0. The van der Waals surface area contributed by atoms with Gasteiger partial charge in [-0.15, -0.1) is 0 Å². The first-order valence-electron chi connectivity index (χ1n) is 7.85. The smallest absolute Gasteiger partial charge is 0.240 e. The Bertz CT molecular complexity index is 500. The summed E-state index contributed by atoms with van der Waals surface area (Å²) in [6.45, 7) is 2.66. The lowest BCUT2D eigenvalue weighted by atomic mass is 10.1.